The van der Waals surface area contributed by atoms with Crippen LogP contribution in [-0.4, -0.2) is 9.13 Å². The van der Waals surface area contributed by atoms with Gasteiger partial charge in [0.05, 0.1) is 33.4 Å². The van der Waals surface area contributed by atoms with E-state index < -0.39 is 17.5 Å². The number of nitriles is 1. The molecule has 51 heavy (non-hydrogen) atoms. The van der Waals surface area contributed by atoms with Gasteiger partial charge in [0.1, 0.15) is 17.4 Å². The van der Waals surface area contributed by atoms with Crippen LogP contribution < -0.4 is 0 Å². The summed E-state index contributed by atoms with van der Waals surface area (Å²) in [5, 5.41) is 15.1. The van der Waals surface area contributed by atoms with Gasteiger partial charge in [0.15, 0.2) is 11.6 Å². The van der Waals surface area contributed by atoms with Crippen molar-refractivity contribution in [2.24, 2.45) is 0 Å². The first kappa shape index (κ1) is 32.4. The van der Waals surface area contributed by atoms with Crippen molar-refractivity contribution in [3.8, 4) is 28.6 Å². The highest BCUT2D eigenvalue weighted by molar-refractivity contribution is 6.11. The number of para-hydroxylation sites is 2. The Bertz CT molecular complexity index is 2610. The van der Waals surface area contributed by atoms with Crippen molar-refractivity contribution in [1.82, 2.24) is 9.13 Å². The van der Waals surface area contributed by atoms with E-state index in [0.29, 0.717) is 23.0 Å². The van der Waals surface area contributed by atoms with E-state index in [1.165, 1.54) is 0 Å². The molecule has 0 fully saturated rings. The van der Waals surface area contributed by atoms with Gasteiger partial charge in [0.25, 0.3) is 0 Å². The second-order valence-electron chi connectivity index (χ2n) is 15.4. The van der Waals surface area contributed by atoms with Gasteiger partial charge in [0.2, 0.25) is 0 Å². The van der Waals surface area contributed by atoms with Crippen LogP contribution in [0.3, 0.4) is 0 Å². The van der Waals surface area contributed by atoms with E-state index in [-0.39, 0.29) is 22.0 Å². The highest BCUT2D eigenvalue weighted by atomic mass is 19.2. The van der Waals surface area contributed by atoms with Crippen LogP contribution in [0.2, 0.25) is 0 Å². The van der Waals surface area contributed by atoms with Crippen LogP contribution in [0, 0.1) is 28.8 Å². The zero-order valence-corrected chi connectivity index (χ0v) is 29.4. The molecular formula is C45H36F3N3. The molecule has 0 bridgehead atoms. The molecule has 0 saturated carbocycles. The zero-order valence-electron chi connectivity index (χ0n) is 29.4. The fraction of sp³-hybridized carbons (Fsp3) is 0.178. The first-order chi connectivity index (χ1) is 24.3. The predicted octanol–water partition coefficient (Wildman–Crippen LogP) is 12.4. The van der Waals surface area contributed by atoms with E-state index in [1.54, 1.807) is 12.1 Å². The van der Waals surface area contributed by atoms with Gasteiger partial charge in [-0.05, 0) is 82.1 Å². The second kappa shape index (κ2) is 11.4. The summed E-state index contributed by atoms with van der Waals surface area (Å²) in [6.07, 6.45) is 0. The van der Waals surface area contributed by atoms with Crippen molar-refractivity contribution in [2.45, 2.75) is 52.4 Å². The summed E-state index contributed by atoms with van der Waals surface area (Å²) >= 11 is 0. The SMILES string of the molecule is CC(C)(C)c1ccc2c(c1)c1ccccc1n2-c1cc(-c2cc(F)cc(F)c2F)cc(-n2c3ccccc3c3cc(C(C)(C)C)ccc32)c1C#N. The number of hydrogen-bond donors (Lipinski definition) is 0. The summed E-state index contributed by atoms with van der Waals surface area (Å²) in [6.45, 7) is 13.0. The molecule has 2 heterocycles. The smallest absolute Gasteiger partial charge is 0.166 e. The summed E-state index contributed by atoms with van der Waals surface area (Å²) in [5.41, 5.74) is 6.80. The fourth-order valence-corrected chi connectivity index (χ4v) is 7.40. The van der Waals surface area contributed by atoms with E-state index in [0.717, 1.165) is 60.8 Å². The van der Waals surface area contributed by atoms with Gasteiger partial charge in [-0.15, -0.1) is 0 Å². The molecule has 0 spiro atoms. The quantitative estimate of drug-likeness (QED) is 0.172. The minimum absolute atomic E-state index is 0.106. The summed E-state index contributed by atoms with van der Waals surface area (Å²) in [4.78, 5) is 0. The molecule has 8 aromatic rings. The number of aromatic nitrogens is 2. The Morgan fingerprint density at radius 2 is 0.980 bits per heavy atom. The third kappa shape index (κ3) is 5.10. The van der Waals surface area contributed by atoms with Gasteiger partial charge < -0.3 is 9.13 Å². The molecule has 0 radical (unpaired) electrons. The standard InChI is InChI=1S/C45H36F3N3/c1-44(2,3)27-15-17-39-33(21-27)30-11-7-9-13-37(30)50(39)41-19-26(32-23-29(46)24-36(47)43(32)48)20-42(35(41)25-49)51-38-14-10-8-12-31(38)34-22-28(45(4,5)6)16-18-40(34)51/h7-24H,1-6H3. The van der Waals surface area contributed by atoms with Gasteiger partial charge in [-0.1, -0.05) is 90.1 Å². The van der Waals surface area contributed by atoms with Crippen molar-refractivity contribution in [1.29, 1.82) is 5.26 Å². The van der Waals surface area contributed by atoms with Crippen LogP contribution in [0.4, 0.5) is 13.2 Å². The Kier molecular flexibility index (Phi) is 7.22. The number of halogens is 3. The number of rotatable bonds is 3. The van der Waals surface area contributed by atoms with E-state index in [4.69, 9.17) is 0 Å². The first-order valence-corrected chi connectivity index (χ1v) is 17.1. The van der Waals surface area contributed by atoms with E-state index >= 15 is 4.39 Å². The van der Waals surface area contributed by atoms with Crippen LogP contribution in [-0.2, 0) is 10.8 Å². The summed E-state index contributed by atoms with van der Waals surface area (Å²) in [7, 11) is 0. The van der Waals surface area contributed by atoms with E-state index in [9.17, 15) is 14.0 Å². The summed E-state index contributed by atoms with van der Waals surface area (Å²) in [5.74, 6) is -3.34. The predicted molar refractivity (Wildman–Crippen MR) is 203 cm³/mol. The Hall–Kier alpha value is -5.80. The topological polar surface area (TPSA) is 33.6 Å². The third-order valence-corrected chi connectivity index (χ3v) is 10.1. The van der Waals surface area contributed by atoms with Gasteiger partial charge in [-0.2, -0.15) is 5.26 Å². The Morgan fingerprint density at radius 3 is 1.43 bits per heavy atom. The van der Waals surface area contributed by atoms with Crippen molar-refractivity contribution < 1.29 is 13.2 Å². The zero-order chi connectivity index (χ0) is 36.0. The fourth-order valence-electron chi connectivity index (χ4n) is 7.40. The molecular weight excluding hydrogens is 640 g/mol. The van der Waals surface area contributed by atoms with Gasteiger partial charge in [0, 0.05) is 33.2 Å². The summed E-state index contributed by atoms with van der Waals surface area (Å²) < 4.78 is 49.4. The lowest BCUT2D eigenvalue weighted by atomic mass is 9.86. The number of benzene rings is 6. The minimum atomic E-state index is -1.28. The molecule has 0 unspecified atom stereocenters. The molecule has 252 valence electrons. The minimum Gasteiger partial charge on any atom is -0.308 e. The molecule has 0 aliphatic heterocycles. The molecule has 0 aliphatic rings. The number of fused-ring (bicyclic) bond motifs is 6. The maximum absolute atomic E-state index is 15.7. The molecule has 0 N–H and O–H groups in total. The van der Waals surface area contributed by atoms with Crippen molar-refractivity contribution in [3.63, 3.8) is 0 Å². The van der Waals surface area contributed by atoms with Gasteiger partial charge >= 0.3 is 0 Å². The van der Waals surface area contributed by atoms with E-state index in [1.807, 2.05) is 45.5 Å². The van der Waals surface area contributed by atoms with Gasteiger partial charge in [-0.25, -0.2) is 13.2 Å². The maximum atomic E-state index is 15.7. The van der Waals surface area contributed by atoms with Crippen LogP contribution in [0.5, 0.6) is 0 Å². The van der Waals surface area contributed by atoms with Crippen molar-refractivity contribution in [3.05, 3.63) is 143 Å². The first-order valence-electron chi connectivity index (χ1n) is 17.1. The van der Waals surface area contributed by atoms with E-state index in [2.05, 4.69) is 96.1 Å². The Morgan fingerprint density at radius 1 is 0.529 bits per heavy atom. The highest BCUT2D eigenvalue weighted by Crippen LogP contribution is 2.42. The molecule has 0 aliphatic carbocycles. The molecule has 3 nitrogen and oxygen atoms in total. The molecule has 0 saturated heterocycles. The van der Waals surface area contributed by atoms with Crippen molar-refractivity contribution in [2.75, 3.05) is 0 Å². The van der Waals surface area contributed by atoms with Gasteiger partial charge in [-0.3, -0.25) is 0 Å². The van der Waals surface area contributed by atoms with Crippen LogP contribution in [0.15, 0.2) is 109 Å². The van der Waals surface area contributed by atoms with Crippen molar-refractivity contribution >= 4 is 43.6 Å². The molecule has 8 rings (SSSR count). The lowest BCUT2D eigenvalue weighted by Crippen LogP contribution is -2.11. The number of nitrogens with zero attached hydrogens (tertiary/aromatic N) is 3. The maximum Gasteiger partial charge on any atom is 0.166 e. The average Bonchev–Trinajstić information content (AvgIpc) is 3.60. The Balaban J connectivity index is 1.55. The average molecular weight is 676 g/mol. The monoisotopic (exact) mass is 675 g/mol. The molecule has 0 amide bonds. The highest BCUT2D eigenvalue weighted by Gasteiger charge is 2.25. The second-order valence-corrected chi connectivity index (χ2v) is 15.4. The molecule has 6 aromatic carbocycles. The lowest BCUT2D eigenvalue weighted by molar-refractivity contribution is 0.497. The summed E-state index contributed by atoms with van der Waals surface area (Å²) in [6, 6.07) is 36.0. The Labute approximate surface area is 294 Å². The molecule has 0 atom stereocenters. The largest absolute Gasteiger partial charge is 0.308 e. The normalized spacial score (nSPS) is 12.4. The third-order valence-electron chi connectivity index (χ3n) is 10.1. The van der Waals surface area contributed by atoms with Crippen LogP contribution in [0.25, 0.3) is 66.1 Å². The van der Waals surface area contributed by atoms with Crippen LogP contribution in [0.1, 0.15) is 58.2 Å². The molecule has 6 heteroatoms. The lowest BCUT2D eigenvalue weighted by Gasteiger charge is -2.21. The molecule has 2 aromatic heterocycles. The van der Waals surface area contributed by atoms with Crippen LogP contribution >= 0.6 is 0 Å². The number of hydrogen-bond acceptors (Lipinski definition) is 1.